The average Bonchev–Trinajstić information content (AvgIpc) is 3.30. The molecule has 0 spiro atoms. The Morgan fingerprint density at radius 1 is 0.939 bits per heavy atom. The number of esters is 1. The quantitative estimate of drug-likeness (QED) is 0.352. The van der Waals surface area contributed by atoms with Crippen molar-refractivity contribution in [3.8, 4) is 11.5 Å². The smallest absolute Gasteiger partial charge is 0.338 e. The summed E-state index contributed by atoms with van der Waals surface area (Å²) in [6.07, 6.45) is 0. The van der Waals surface area contributed by atoms with Gasteiger partial charge in [0.25, 0.3) is 5.89 Å². The molecule has 1 aliphatic rings. The van der Waals surface area contributed by atoms with E-state index < -0.39 is 21.6 Å². The Morgan fingerprint density at radius 3 is 2.45 bits per heavy atom. The highest BCUT2D eigenvalue weighted by atomic mass is 35.5. The molecule has 8 nitrogen and oxygen atoms in total. The number of rotatable bonds is 4. The molecule has 0 radical (unpaired) electrons. The highest BCUT2D eigenvalue weighted by molar-refractivity contribution is 7.91. The van der Waals surface area contributed by atoms with Crippen molar-refractivity contribution in [2.45, 2.75) is 16.4 Å². The van der Waals surface area contributed by atoms with Gasteiger partial charge in [0.05, 0.1) is 15.4 Å². The number of hydrogen-bond acceptors (Lipinski definition) is 8. The highest BCUT2D eigenvalue weighted by Crippen LogP contribution is 2.35. The number of halogens is 1. The molecule has 1 aliphatic heterocycles. The van der Waals surface area contributed by atoms with Gasteiger partial charge in [-0.1, -0.05) is 23.7 Å². The Bertz CT molecular complexity index is 1530. The summed E-state index contributed by atoms with van der Waals surface area (Å²) in [6.45, 7) is -0.314. The first-order chi connectivity index (χ1) is 15.8. The molecule has 4 aromatic rings. The maximum atomic E-state index is 13.0. The van der Waals surface area contributed by atoms with Gasteiger partial charge in [-0.15, -0.1) is 10.2 Å². The van der Waals surface area contributed by atoms with Crippen molar-refractivity contribution in [2.24, 2.45) is 0 Å². The fraction of sp³-hybridized carbons (Fsp3) is 0.0435. The number of benzene rings is 3. The number of fused-ring (bicyclic) bond motifs is 2. The summed E-state index contributed by atoms with van der Waals surface area (Å²) >= 11 is 5.86. The largest absolute Gasteiger partial charge is 0.452 e. The normalized spacial score (nSPS) is 13.8. The topological polar surface area (TPSA) is 116 Å². The number of ketones is 1. The number of aromatic nitrogens is 2. The van der Waals surface area contributed by atoms with Crippen molar-refractivity contribution in [2.75, 3.05) is 0 Å². The lowest BCUT2D eigenvalue weighted by Crippen LogP contribution is -2.21. The lowest BCUT2D eigenvalue weighted by Gasteiger charge is -2.19. The molecule has 0 saturated heterocycles. The fourth-order valence-electron chi connectivity index (χ4n) is 3.44. The van der Waals surface area contributed by atoms with Gasteiger partial charge in [-0.2, -0.15) is 0 Å². The minimum absolute atomic E-state index is 0.00903. The van der Waals surface area contributed by atoms with E-state index in [2.05, 4.69) is 10.2 Å². The second-order valence-electron chi connectivity index (χ2n) is 7.12. The summed E-state index contributed by atoms with van der Waals surface area (Å²) in [5.41, 5.74) is 0.735. The molecule has 3 aromatic carbocycles. The van der Waals surface area contributed by atoms with Gasteiger partial charge < -0.3 is 9.15 Å². The molecule has 0 N–H and O–H groups in total. The van der Waals surface area contributed by atoms with Crippen molar-refractivity contribution in [1.29, 1.82) is 0 Å². The predicted molar refractivity (Wildman–Crippen MR) is 116 cm³/mol. The van der Waals surface area contributed by atoms with Crippen LogP contribution < -0.4 is 0 Å². The zero-order valence-corrected chi connectivity index (χ0v) is 18.3. The number of sulfone groups is 1. The van der Waals surface area contributed by atoms with Crippen LogP contribution in [0.25, 0.3) is 11.5 Å². The molecular formula is C23H13ClN2O6S. The second kappa shape index (κ2) is 7.95. The van der Waals surface area contributed by atoms with Gasteiger partial charge in [-0.05, 0) is 54.6 Å². The molecule has 0 unspecified atom stereocenters. The lowest BCUT2D eigenvalue weighted by molar-refractivity contribution is 0.0438. The van der Waals surface area contributed by atoms with Crippen LogP contribution in [0.5, 0.6) is 0 Å². The second-order valence-corrected chi connectivity index (χ2v) is 9.45. The van der Waals surface area contributed by atoms with Gasteiger partial charge in [0.2, 0.25) is 15.7 Å². The van der Waals surface area contributed by atoms with Crippen molar-refractivity contribution in [1.82, 2.24) is 10.2 Å². The standard InChI is InChI=1S/C23H13ClN2O6S/c24-15-8-5-13(6-9-15)22-26-25-20(32-22)12-31-23(28)14-7-10-17-19(11-14)33(29,30)18-4-2-1-3-16(18)21(17)27/h1-11H,12H2. The first kappa shape index (κ1) is 21.0. The Morgan fingerprint density at radius 2 is 1.67 bits per heavy atom. The first-order valence-corrected chi connectivity index (χ1v) is 11.5. The summed E-state index contributed by atoms with van der Waals surface area (Å²) in [4.78, 5) is 24.9. The minimum Gasteiger partial charge on any atom is -0.452 e. The maximum Gasteiger partial charge on any atom is 0.338 e. The SMILES string of the molecule is O=C(OCc1nnc(-c2ccc(Cl)cc2)o1)c1ccc2c(c1)S(=O)(=O)c1ccccc1C2=O. The lowest BCUT2D eigenvalue weighted by atomic mass is 10.0. The number of carbonyl (C=O) groups is 2. The Hall–Kier alpha value is -3.82. The molecule has 0 fully saturated rings. The summed E-state index contributed by atoms with van der Waals surface area (Å²) in [5.74, 6) is -0.931. The fourth-order valence-corrected chi connectivity index (χ4v) is 5.25. The van der Waals surface area contributed by atoms with E-state index in [1.54, 1.807) is 30.3 Å². The third-order valence-electron chi connectivity index (χ3n) is 5.06. The predicted octanol–water partition coefficient (Wildman–Crippen LogP) is 4.12. The van der Waals surface area contributed by atoms with Crippen molar-refractivity contribution < 1.29 is 27.2 Å². The maximum absolute atomic E-state index is 13.0. The molecule has 33 heavy (non-hydrogen) atoms. The molecule has 0 saturated carbocycles. The Balaban J connectivity index is 1.36. The molecule has 164 valence electrons. The van der Waals surface area contributed by atoms with Crippen LogP contribution in [0, 0.1) is 0 Å². The molecule has 10 heteroatoms. The van der Waals surface area contributed by atoms with E-state index >= 15 is 0 Å². The zero-order chi connectivity index (χ0) is 23.2. The summed E-state index contributed by atoms with van der Waals surface area (Å²) in [5, 5.41) is 8.31. The molecule has 0 aliphatic carbocycles. The minimum atomic E-state index is -3.97. The molecule has 0 bridgehead atoms. The van der Waals surface area contributed by atoms with Crippen LogP contribution in [0.2, 0.25) is 5.02 Å². The average molecular weight is 481 g/mol. The van der Waals surface area contributed by atoms with Crippen LogP contribution in [-0.4, -0.2) is 30.4 Å². The van der Waals surface area contributed by atoms with E-state index in [-0.39, 0.29) is 44.9 Å². The van der Waals surface area contributed by atoms with Gasteiger partial charge in [-0.3, -0.25) is 4.79 Å². The number of carbonyl (C=O) groups excluding carboxylic acids is 2. The third kappa shape index (κ3) is 3.71. The van der Waals surface area contributed by atoms with E-state index in [1.165, 1.54) is 30.3 Å². The van der Waals surface area contributed by atoms with Gasteiger partial charge in [0.15, 0.2) is 12.4 Å². The van der Waals surface area contributed by atoms with Gasteiger partial charge in [-0.25, -0.2) is 13.2 Å². The molecule has 1 aromatic heterocycles. The van der Waals surface area contributed by atoms with Gasteiger partial charge in [0, 0.05) is 21.7 Å². The van der Waals surface area contributed by atoms with E-state index in [0.29, 0.717) is 10.6 Å². The van der Waals surface area contributed by atoms with Crippen molar-refractivity contribution in [3.05, 3.63) is 94.3 Å². The van der Waals surface area contributed by atoms with E-state index in [9.17, 15) is 18.0 Å². The number of nitrogens with zero attached hydrogens (tertiary/aromatic N) is 2. The van der Waals surface area contributed by atoms with Crippen LogP contribution in [0.1, 0.15) is 32.2 Å². The first-order valence-electron chi connectivity index (χ1n) is 9.63. The van der Waals surface area contributed by atoms with Crippen LogP contribution in [0.15, 0.2) is 80.9 Å². The number of hydrogen-bond donors (Lipinski definition) is 0. The van der Waals surface area contributed by atoms with Gasteiger partial charge >= 0.3 is 5.97 Å². The summed E-state index contributed by atoms with van der Waals surface area (Å²) in [7, 11) is -3.97. The van der Waals surface area contributed by atoms with Crippen molar-refractivity contribution in [3.63, 3.8) is 0 Å². The Kier molecular flexibility index (Phi) is 5.07. The van der Waals surface area contributed by atoms with E-state index in [4.69, 9.17) is 20.8 Å². The molecule has 2 heterocycles. The van der Waals surface area contributed by atoms with E-state index in [1.807, 2.05) is 0 Å². The molecule has 0 atom stereocenters. The molecule has 0 amide bonds. The summed E-state index contributed by atoms with van der Waals surface area (Å²) in [6, 6.07) is 16.5. The molecule has 5 rings (SSSR count). The van der Waals surface area contributed by atoms with Crippen LogP contribution in [0.3, 0.4) is 0 Å². The molecular weight excluding hydrogens is 468 g/mol. The van der Waals surface area contributed by atoms with Gasteiger partial charge in [0.1, 0.15) is 0 Å². The summed E-state index contributed by atoms with van der Waals surface area (Å²) < 4.78 is 36.7. The van der Waals surface area contributed by atoms with Crippen LogP contribution in [0.4, 0.5) is 0 Å². The zero-order valence-electron chi connectivity index (χ0n) is 16.7. The third-order valence-corrected chi connectivity index (χ3v) is 7.16. The van der Waals surface area contributed by atoms with Crippen LogP contribution in [-0.2, 0) is 21.2 Å². The highest BCUT2D eigenvalue weighted by Gasteiger charge is 2.35. The van der Waals surface area contributed by atoms with Crippen LogP contribution >= 0.6 is 11.6 Å². The monoisotopic (exact) mass is 480 g/mol. The number of ether oxygens (including phenoxy) is 1. The van der Waals surface area contributed by atoms with E-state index in [0.717, 1.165) is 6.07 Å². The Labute approximate surface area is 192 Å². The van der Waals surface area contributed by atoms with Crippen molar-refractivity contribution >= 4 is 33.2 Å².